The van der Waals surface area contributed by atoms with Gasteiger partial charge in [-0.25, -0.2) is 0 Å². The van der Waals surface area contributed by atoms with Crippen molar-refractivity contribution in [3.05, 3.63) is 57.6 Å². The Labute approximate surface area is 122 Å². The molecule has 0 bridgehead atoms. The van der Waals surface area contributed by atoms with Gasteiger partial charge in [0.15, 0.2) is 0 Å². The monoisotopic (exact) mass is 296 g/mol. The molecule has 1 atom stereocenters. The van der Waals surface area contributed by atoms with Gasteiger partial charge in [0.2, 0.25) is 0 Å². The van der Waals surface area contributed by atoms with Gasteiger partial charge in [-0.1, -0.05) is 35.3 Å². The summed E-state index contributed by atoms with van der Waals surface area (Å²) in [4.78, 5) is 0. The summed E-state index contributed by atoms with van der Waals surface area (Å²) in [5, 5.41) is 10.5. The van der Waals surface area contributed by atoms with Crippen LogP contribution in [0.15, 0.2) is 36.4 Å². The molecule has 0 spiro atoms. The topological polar surface area (TPSA) is 29.5 Å². The number of hydrogen-bond donors (Lipinski definition) is 1. The maximum atomic E-state index is 9.49. The van der Waals surface area contributed by atoms with Crippen LogP contribution in [0.4, 0.5) is 0 Å². The van der Waals surface area contributed by atoms with Crippen LogP contribution in [-0.4, -0.2) is 5.11 Å². The molecule has 2 nitrogen and oxygen atoms in total. The van der Waals surface area contributed by atoms with Crippen LogP contribution in [0.25, 0.3) is 0 Å². The van der Waals surface area contributed by atoms with Crippen LogP contribution >= 0.6 is 23.2 Å². The number of benzene rings is 2. The van der Waals surface area contributed by atoms with Gasteiger partial charge in [-0.2, -0.15) is 0 Å². The van der Waals surface area contributed by atoms with E-state index in [0.717, 1.165) is 11.1 Å². The van der Waals surface area contributed by atoms with E-state index in [1.165, 1.54) is 0 Å². The van der Waals surface area contributed by atoms with Gasteiger partial charge in [-0.05, 0) is 49.2 Å². The summed E-state index contributed by atoms with van der Waals surface area (Å²) in [5.74, 6) is 1.08. The smallest absolute Gasteiger partial charge is 0.146 e. The summed E-state index contributed by atoms with van der Waals surface area (Å²) >= 11 is 12.2. The number of rotatable bonds is 3. The van der Waals surface area contributed by atoms with Crippen molar-refractivity contribution < 1.29 is 9.84 Å². The van der Waals surface area contributed by atoms with Gasteiger partial charge in [0.1, 0.15) is 11.5 Å². The standard InChI is InChI=1S/C15H14Cl2O2/c1-9-3-5-12(16)15(7-9)19-14-6-4-11(10(2)18)8-13(14)17/h3-8,10,18H,1-2H3/t10-/m1/s1. The molecule has 0 saturated heterocycles. The van der Waals surface area contributed by atoms with E-state index < -0.39 is 6.10 Å². The minimum atomic E-state index is -0.561. The van der Waals surface area contributed by atoms with Crippen LogP contribution in [0.2, 0.25) is 10.0 Å². The van der Waals surface area contributed by atoms with Crippen molar-refractivity contribution in [1.29, 1.82) is 0 Å². The second kappa shape index (κ2) is 5.83. The highest BCUT2D eigenvalue weighted by molar-refractivity contribution is 6.32. The SMILES string of the molecule is Cc1ccc(Cl)c(Oc2ccc([C@@H](C)O)cc2Cl)c1. The van der Waals surface area contributed by atoms with Crippen LogP contribution in [0.5, 0.6) is 11.5 Å². The van der Waals surface area contributed by atoms with Gasteiger partial charge in [0.05, 0.1) is 16.1 Å². The molecule has 0 saturated carbocycles. The molecule has 0 amide bonds. The highest BCUT2D eigenvalue weighted by Gasteiger charge is 2.09. The van der Waals surface area contributed by atoms with Crippen LogP contribution in [0.1, 0.15) is 24.2 Å². The van der Waals surface area contributed by atoms with Crippen molar-refractivity contribution in [3.8, 4) is 11.5 Å². The summed E-state index contributed by atoms with van der Waals surface area (Å²) in [7, 11) is 0. The quantitative estimate of drug-likeness (QED) is 0.849. The number of halogens is 2. The molecule has 100 valence electrons. The second-order valence-electron chi connectivity index (χ2n) is 4.40. The second-order valence-corrected chi connectivity index (χ2v) is 5.22. The Kier molecular flexibility index (Phi) is 4.35. The number of aliphatic hydroxyl groups is 1. The lowest BCUT2D eigenvalue weighted by Gasteiger charge is -2.12. The lowest BCUT2D eigenvalue weighted by Crippen LogP contribution is -1.92. The molecule has 2 aromatic rings. The Balaban J connectivity index is 2.31. The van der Waals surface area contributed by atoms with Crippen molar-refractivity contribution in [2.24, 2.45) is 0 Å². The third-order valence-electron chi connectivity index (χ3n) is 2.74. The summed E-state index contributed by atoms with van der Waals surface area (Å²) in [6.07, 6.45) is -0.561. The molecule has 0 aromatic heterocycles. The first kappa shape index (κ1) is 14.2. The van der Waals surface area contributed by atoms with Crippen LogP contribution in [-0.2, 0) is 0 Å². The molecule has 0 aliphatic heterocycles. The van der Waals surface area contributed by atoms with Crippen LogP contribution in [0, 0.1) is 6.92 Å². The summed E-state index contributed by atoms with van der Waals surface area (Å²) in [6.45, 7) is 3.64. The van der Waals surface area contributed by atoms with E-state index in [2.05, 4.69) is 0 Å². The van der Waals surface area contributed by atoms with E-state index in [-0.39, 0.29) is 0 Å². The van der Waals surface area contributed by atoms with E-state index in [0.29, 0.717) is 21.5 Å². The van der Waals surface area contributed by atoms with Gasteiger partial charge in [0, 0.05) is 0 Å². The molecule has 2 rings (SSSR count). The summed E-state index contributed by atoms with van der Waals surface area (Å²) < 4.78 is 5.71. The Hall–Kier alpha value is -1.22. The molecule has 2 aromatic carbocycles. The Morgan fingerprint density at radius 2 is 1.74 bits per heavy atom. The van der Waals surface area contributed by atoms with Crippen molar-refractivity contribution >= 4 is 23.2 Å². The number of ether oxygens (including phenoxy) is 1. The third-order valence-corrected chi connectivity index (χ3v) is 3.35. The highest BCUT2D eigenvalue weighted by Crippen LogP contribution is 2.35. The largest absolute Gasteiger partial charge is 0.454 e. The Bertz CT molecular complexity index is 595. The molecule has 0 aliphatic carbocycles. The zero-order chi connectivity index (χ0) is 14.0. The van der Waals surface area contributed by atoms with Gasteiger partial charge < -0.3 is 9.84 Å². The molecule has 1 N–H and O–H groups in total. The van der Waals surface area contributed by atoms with E-state index in [4.69, 9.17) is 27.9 Å². The van der Waals surface area contributed by atoms with Gasteiger partial charge in [-0.15, -0.1) is 0 Å². The third kappa shape index (κ3) is 3.41. The maximum absolute atomic E-state index is 9.49. The van der Waals surface area contributed by atoms with Crippen LogP contribution < -0.4 is 4.74 Å². The predicted molar refractivity (Wildman–Crippen MR) is 78.3 cm³/mol. The first-order chi connectivity index (χ1) is 8.97. The van der Waals surface area contributed by atoms with Gasteiger partial charge >= 0.3 is 0 Å². The average molecular weight is 297 g/mol. The molecule has 0 radical (unpaired) electrons. The summed E-state index contributed by atoms with van der Waals surface area (Å²) in [6, 6.07) is 10.7. The lowest BCUT2D eigenvalue weighted by molar-refractivity contribution is 0.199. The molecule has 0 fully saturated rings. The first-order valence-electron chi connectivity index (χ1n) is 5.89. The lowest BCUT2D eigenvalue weighted by atomic mass is 10.1. The molecular formula is C15H14Cl2O2. The van der Waals surface area contributed by atoms with Crippen molar-refractivity contribution in [2.45, 2.75) is 20.0 Å². The first-order valence-corrected chi connectivity index (χ1v) is 6.64. The molecule has 0 heterocycles. The molecular weight excluding hydrogens is 283 g/mol. The number of aliphatic hydroxyl groups excluding tert-OH is 1. The van der Waals surface area contributed by atoms with E-state index in [1.807, 2.05) is 19.1 Å². The minimum Gasteiger partial charge on any atom is -0.454 e. The van der Waals surface area contributed by atoms with Gasteiger partial charge in [0.25, 0.3) is 0 Å². The fourth-order valence-corrected chi connectivity index (χ4v) is 2.05. The van der Waals surface area contributed by atoms with Crippen LogP contribution in [0.3, 0.4) is 0 Å². The molecule has 4 heteroatoms. The van der Waals surface area contributed by atoms with E-state index in [9.17, 15) is 5.11 Å². The van der Waals surface area contributed by atoms with Crippen molar-refractivity contribution in [3.63, 3.8) is 0 Å². The fourth-order valence-electron chi connectivity index (χ4n) is 1.67. The number of hydrogen-bond acceptors (Lipinski definition) is 2. The highest BCUT2D eigenvalue weighted by atomic mass is 35.5. The van der Waals surface area contributed by atoms with Crippen molar-refractivity contribution in [1.82, 2.24) is 0 Å². The Morgan fingerprint density at radius 3 is 2.37 bits per heavy atom. The molecule has 0 aliphatic rings. The zero-order valence-electron chi connectivity index (χ0n) is 10.7. The maximum Gasteiger partial charge on any atom is 0.146 e. The fraction of sp³-hybridized carbons (Fsp3) is 0.200. The normalized spacial score (nSPS) is 12.3. The number of aryl methyl sites for hydroxylation is 1. The predicted octanol–water partition coefficient (Wildman–Crippen LogP) is 5.15. The Morgan fingerprint density at radius 1 is 1.00 bits per heavy atom. The minimum absolute atomic E-state index is 0.441. The van der Waals surface area contributed by atoms with E-state index >= 15 is 0 Å². The van der Waals surface area contributed by atoms with Gasteiger partial charge in [-0.3, -0.25) is 0 Å². The average Bonchev–Trinajstić information content (AvgIpc) is 2.36. The summed E-state index contributed by atoms with van der Waals surface area (Å²) in [5.41, 5.74) is 1.80. The molecule has 19 heavy (non-hydrogen) atoms. The molecule has 0 unspecified atom stereocenters. The van der Waals surface area contributed by atoms with E-state index in [1.54, 1.807) is 31.2 Å². The van der Waals surface area contributed by atoms with Crippen molar-refractivity contribution in [2.75, 3.05) is 0 Å². The zero-order valence-corrected chi connectivity index (χ0v) is 12.2.